The second kappa shape index (κ2) is 2.41. The van der Waals surface area contributed by atoms with Gasteiger partial charge in [-0.25, -0.2) is 0 Å². The number of rotatable bonds is 1. The van der Waals surface area contributed by atoms with Gasteiger partial charge in [0.05, 0.1) is 11.3 Å². The van der Waals surface area contributed by atoms with Gasteiger partial charge in [-0.1, -0.05) is 15.9 Å². The first kappa shape index (κ1) is 6.98. The van der Waals surface area contributed by atoms with Crippen molar-refractivity contribution in [1.29, 1.82) is 0 Å². The Bertz CT molecular complexity index is 175. The van der Waals surface area contributed by atoms with Crippen molar-refractivity contribution in [2.75, 3.05) is 17.6 Å². The second-order valence-electron chi connectivity index (χ2n) is 2.55. The molecular formula is C6H8BrNOS. The lowest BCUT2D eigenvalue weighted by Gasteiger charge is -2.40. The summed E-state index contributed by atoms with van der Waals surface area (Å²) in [6.07, 6.45) is 0. The maximum Gasteiger partial charge on any atom is 0.230 e. The van der Waals surface area contributed by atoms with Crippen molar-refractivity contribution in [1.82, 2.24) is 4.90 Å². The minimum absolute atomic E-state index is 0.271. The second-order valence-corrected chi connectivity index (χ2v) is 4.43. The van der Waals surface area contributed by atoms with E-state index < -0.39 is 0 Å². The molecule has 2 aliphatic rings. The van der Waals surface area contributed by atoms with Crippen molar-refractivity contribution in [2.24, 2.45) is 5.92 Å². The Kier molecular flexibility index (Phi) is 1.68. The third-order valence-corrected chi connectivity index (χ3v) is 4.08. The molecule has 1 unspecified atom stereocenters. The van der Waals surface area contributed by atoms with Crippen LogP contribution in [0, 0.1) is 5.92 Å². The van der Waals surface area contributed by atoms with E-state index in [-0.39, 0.29) is 5.92 Å². The summed E-state index contributed by atoms with van der Waals surface area (Å²) in [6, 6.07) is 0. The van der Waals surface area contributed by atoms with E-state index in [2.05, 4.69) is 15.9 Å². The predicted molar refractivity (Wildman–Crippen MR) is 45.2 cm³/mol. The van der Waals surface area contributed by atoms with Gasteiger partial charge in [0.15, 0.2) is 0 Å². The summed E-state index contributed by atoms with van der Waals surface area (Å²) in [5.74, 6) is 1.74. The molecule has 56 valence electrons. The molecule has 0 N–H and O–H groups in total. The molecule has 0 aromatic heterocycles. The molecule has 0 spiro atoms. The molecule has 0 aromatic carbocycles. The fourth-order valence-corrected chi connectivity index (χ4v) is 3.71. The van der Waals surface area contributed by atoms with Crippen LogP contribution in [0.25, 0.3) is 0 Å². The zero-order valence-corrected chi connectivity index (χ0v) is 7.82. The average Bonchev–Trinajstić information content (AvgIpc) is 2.33. The molecule has 1 amide bonds. The molecule has 2 saturated heterocycles. The first-order valence-electron chi connectivity index (χ1n) is 3.32. The lowest BCUT2D eigenvalue weighted by Crippen LogP contribution is -2.56. The molecule has 2 atom stereocenters. The van der Waals surface area contributed by atoms with Crippen LogP contribution in [0.15, 0.2) is 0 Å². The summed E-state index contributed by atoms with van der Waals surface area (Å²) in [7, 11) is 0. The SMILES string of the molecule is O=C1C(CBr)[C@@H]2SCCN12. The normalized spacial score (nSPS) is 37.7. The summed E-state index contributed by atoms with van der Waals surface area (Å²) in [5.41, 5.74) is 0. The van der Waals surface area contributed by atoms with Crippen molar-refractivity contribution in [3.05, 3.63) is 0 Å². The van der Waals surface area contributed by atoms with Crippen LogP contribution in [-0.4, -0.2) is 33.8 Å². The number of alkyl halides is 1. The summed E-state index contributed by atoms with van der Waals surface area (Å²) in [6.45, 7) is 0.970. The van der Waals surface area contributed by atoms with Crippen LogP contribution in [0.1, 0.15) is 0 Å². The van der Waals surface area contributed by atoms with Gasteiger partial charge in [0.2, 0.25) is 5.91 Å². The molecule has 2 heterocycles. The number of carbonyl (C=O) groups excluding carboxylic acids is 1. The van der Waals surface area contributed by atoms with E-state index in [1.165, 1.54) is 0 Å². The first-order chi connectivity index (χ1) is 4.84. The van der Waals surface area contributed by atoms with Gasteiger partial charge in [-0.2, -0.15) is 0 Å². The van der Waals surface area contributed by atoms with Crippen LogP contribution in [0.3, 0.4) is 0 Å². The van der Waals surface area contributed by atoms with Crippen molar-refractivity contribution >= 4 is 33.6 Å². The topological polar surface area (TPSA) is 20.3 Å². The third-order valence-electron chi connectivity index (χ3n) is 2.04. The Hall–Kier alpha value is 0.300. The van der Waals surface area contributed by atoms with E-state index in [0.29, 0.717) is 11.3 Å². The van der Waals surface area contributed by atoms with Crippen molar-refractivity contribution in [2.45, 2.75) is 5.37 Å². The molecule has 2 fully saturated rings. The van der Waals surface area contributed by atoms with Crippen LogP contribution in [0.2, 0.25) is 0 Å². The van der Waals surface area contributed by atoms with Gasteiger partial charge < -0.3 is 4.90 Å². The lowest BCUT2D eigenvalue weighted by molar-refractivity contribution is -0.147. The van der Waals surface area contributed by atoms with Gasteiger partial charge >= 0.3 is 0 Å². The zero-order chi connectivity index (χ0) is 7.14. The maximum atomic E-state index is 11.2. The van der Waals surface area contributed by atoms with E-state index in [4.69, 9.17) is 0 Å². The van der Waals surface area contributed by atoms with E-state index in [0.717, 1.165) is 17.6 Å². The molecule has 0 aromatic rings. The van der Waals surface area contributed by atoms with Crippen LogP contribution >= 0.6 is 27.7 Å². The Morgan fingerprint density at radius 1 is 1.80 bits per heavy atom. The molecule has 10 heavy (non-hydrogen) atoms. The van der Waals surface area contributed by atoms with Gasteiger partial charge in [0.25, 0.3) is 0 Å². The summed E-state index contributed by atoms with van der Waals surface area (Å²) >= 11 is 5.25. The van der Waals surface area contributed by atoms with Crippen molar-refractivity contribution < 1.29 is 4.79 Å². The fraction of sp³-hybridized carbons (Fsp3) is 0.833. The van der Waals surface area contributed by atoms with Gasteiger partial charge in [0.1, 0.15) is 0 Å². The minimum atomic E-state index is 0.271. The van der Waals surface area contributed by atoms with Gasteiger partial charge in [-0.15, -0.1) is 11.8 Å². The van der Waals surface area contributed by atoms with E-state index in [1.54, 1.807) is 0 Å². The number of thioether (sulfide) groups is 1. The molecule has 2 aliphatic heterocycles. The van der Waals surface area contributed by atoms with E-state index in [9.17, 15) is 4.79 Å². The lowest BCUT2D eigenvalue weighted by atomic mass is 10.0. The molecule has 0 radical (unpaired) electrons. The van der Waals surface area contributed by atoms with Crippen molar-refractivity contribution in [3.63, 3.8) is 0 Å². The highest BCUT2D eigenvalue weighted by Gasteiger charge is 2.49. The molecule has 0 bridgehead atoms. The van der Waals surface area contributed by atoms with Gasteiger partial charge in [0, 0.05) is 17.6 Å². The number of hydrogen-bond acceptors (Lipinski definition) is 2. The summed E-state index contributed by atoms with van der Waals surface area (Å²) < 4.78 is 0. The molecule has 2 rings (SSSR count). The Labute approximate surface area is 72.5 Å². The van der Waals surface area contributed by atoms with Gasteiger partial charge in [-0.3, -0.25) is 4.79 Å². The Morgan fingerprint density at radius 2 is 2.60 bits per heavy atom. The largest absolute Gasteiger partial charge is 0.329 e. The Morgan fingerprint density at radius 3 is 3.30 bits per heavy atom. The number of amides is 1. The number of fused-ring (bicyclic) bond motifs is 1. The van der Waals surface area contributed by atoms with Crippen LogP contribution in [0.5, 0.6) is 0 Å². The summed E-state index contributed by atoms with van der Waals surface area (Å²) in [4.78, 5) is 13.1. The highest BCUT2D eigenvalue weighted by molar-refractivity contribution is 9.09. The number of halogens is 1. The highest BCUT2D eigenvalue weighted by atomic mass is 79.9. The monoisotopic (exact) mass is 221 g/mol. The zero-order valence-electron chi connectivity index (χ0n) is 5.42. The van der Waals surface area contributed by atoms with Gasteiger partial charge in [-0.05, 0) is 0 Å². The number of hydrogen-bond donors (Lipinski definition) is 0. The van der Waals surface area contributed by atoms with E-state index >= 15 is 0 Å². The summed E-state index contributed by atoms with van der Waals surface area (Å²) in [5, 5.41) is 1.34. The molecule has 4 heteroatoms. The van der Waals surface area contributed by atoms with Crippen molar-refractivity contribution in [3.8, 4) is 0 Å². The highest BCUT2D eigenvalue weighted by Crippen LogP contribution is 2.40. The van der Waals surface area contributed by atoms with Crippen LogP contribution < -0.4 is 0 Å². The number of β-lactam (4-membered cyclic amide) rings is 1. The minimum Gasteiger partial charge on any atom is -0.329 e. The van der Waals surface area contributed by atoms with Crippen LogP contribution in [0.4, 0.5) is 0 Å². The predicted octanol–water partition coefficient (Wildman–Crippen LogP) is 0.913. The van der Waals surface area contributed by atoms with Crippen LogP contribution in [-0.2, 0) is 4.79 Å². The number of carbonyl (C=O) groups is 1. The molecular weight excluding hydrogens is 214 g/mol. The quantitative estimate of drug-likeness (QED) is 0.485. The molecule has 2 nitrogen and oxygen atoms in total. The maximum absolute atomic E-state index is 11.2. The average molecular weight is 222 g/mol. The Balaban J connectivity index is 2.08. The fourth-order valence-electron chi connectivity index (χ4n) is 1.45. The first-order valence-corrected chi connectivity index (χ1v) is 5.49. The van der Waals surface area contributed by atoms with E-state index in [1.807, 2.05) is 16.7 Å². The molecule has 0 saturated carbocycles. The smallest absolute Gasteiger partial charge is 0.230 e. The molecule has 0 aliphatic carbocycles. The third kappa shape index (κ3) is 0.749. The number of nitrogens with zero attached hydrogens (tertiary/aromatic N) is 1. The standard InChI is InChI=1S/C6H8BrNOS/c7-3-4-5(9)8-1-2-10-6(4)8/h4,6H,1-3H2/t4?,6-/m0/s1.